The predicted octanol–water partition coefficient (Wildman–Crippen LogP) is 3.19. The van der Waals surface area contributed by atoms with Crippen LogP contribution in [-0.2, 0) is 19.9 Å². The van der Waals surface area contributed by atoms with E-state index in [9.17, 15) is 4.79 Å². The smallest absolute Gasteiger partial charge is 0.312 e. The first-order chi connectivity index (χ1) is 10.3. The van der Waals surface area contributed by atoms with Gasteiger partial charge in [0.15, 0.2) is 0 Å². The maximum Gasteiger partial charge on any atom is 0.312 e. The molecule has 1 saturated heterocycles. The van der Waals surface area contributed by atoms with Gasteiger partial charge in [-0.25, -0.2) is 0 Å². The minimum atomic E-state index is -0.699. The van der Waals surface area contributed by atoms with Crippen molar-refractivity contribution >= 4 is 5.97 Å². The fraction of sp³-hybridized carbons (Fsp3) is 0.278. The van der Waals surface area contributed by atoms with E-state index in [4.69, 9.17) is 9.47 Å². The third-order valence-corrected chi connectivity index (χ3v) is 4.66. The number of benzene rings is 2. The van der Waals surface area contributed by atoms with Gasteiger partial charge in [0.25, 0.3) is 0 Å². The number of hydrogen-bond donors (Lipinski definition) is 0. The molecule has 1 fully saturated rings. The SMILES string of the molecule is COC(=O)C1C[C@H]2O[C@]1(c1ccccc1)c1ccccc12. The Morgan fingerprint density at radius 2 is 1.86 bits per heavy atom. The number of rotatable bonds is 2. The number of carbonyl (C=O) groups is 1. The molecule has 2 aromatic carbocycles. The number of hydrogen-bond acceptors (Lipinski definition) is 3. The molecular formula is C18H16O3. The van der Waals surface area contributed by atoms with Crippen LogP contribution in [0.4, 0.5) is 0 Å². The zero-order valence-electron chi connectivity index (χ0n) is 11.8. The Kier molecular flexibility index (Phi) is 2.66. The Morgan fingerprint density at radius 3 is 2.62 bits per heavy atom. The van der Waals surface area contributed by atoms with Crippen LogP contribution >= 0.6 is 0 Å². The molecule has 2 aliphatic heterocycles. The first kappa shape index (κ1) is 12.6. The lowest BCUT2D eigenvalue weighted by Crippen LogP contribution is -2.38. The van der Waals surface area contributed by atoms with Gasteiger partial charge in [0, 0.05) is 0 Å². The van der Waals surface area contributed by atoms with E-state index < -0.39 is 5.60 Å². The highest BCUT2D eigenvalue weighted by Gasteiger charge is 2.60. The first-order valence-electron chi connectivity index (χ1n) is 7.18. The third-order valence-electron chi connectivity index (χ3n) is 4.66. The van der Waals surface area contributed by atoms with E-state index in [1.165, 1.54) is 12.7 Å². The number of methoxy groups -OCH3 is 1. The molecule has 4 rings (SSSR count). The zero-order chi connectivity index (χ0) is 14.4. The van der Waals surface area contributed by atoms with Crippen molar-refractivity contribution in [1.82, 2.24) is 0 Å². The van der Waals surface area contributed by atoms with Gasteiger partial charge in [0.2, 0.25) is 0 Å². The van der Waals surface area contributed by atoms with Crippen LogP contribution in [-0.4, -0.2) is 13.1 Å². The summed E-state index contributed by atoms with van der Waals surface area (Å²) in [5, 5.41) is 0. The molecule has 21 heavy (non-hydrogen) atoms. The van der Waals surface area contributed by atoms with Gasteiger partial charge in [0.1, 0.15) is 5.60 Å². The molecule has 2 bridgehead atoms. The van der Waals surface area contributed by atoms with Crippen molar-refractivity contribution in [2.24, 2.45) is 5.92 Å². The van der Waals surface area contributed by atoms with Crippen molar-refractivity contribution in [3.63, 3.8) is 0 Å². The molecule has 0 aliphatic carbocycles. The van der Waals surface area contributed by atoms with E-state index in [2.05, 4.69) is 12.1 Å². The van der Waals surface area contributed by atoms with Gasteiger partial charge in [-0.15, -0.1) is 0 Å². The lowest BCUT2D eigenvalue weighted by atomic mass is 9.71. The third kappa shape index (κ3) is 1.55. The molecule has 3 atom stereocenters. The molecule has 0 spiro atoms. The summed E-state index contributed by atoms with van der Waals surface area (Å²) in [5.41, 5.74) is 2.62. The fourth-order valence-electron chi connectivity index (χ4n) is 3.81. The van der Waals surface area contributed by atoms with Crippen LogP contribution in [0, 0.1) is 5.92 Å². The highest BCUT2D eigenvalue weighted by atomic mass is 16.5. The van der Waals surface area contributed by atoms with Crippen LogP contribution in [0.25, 0.3) is 0 Å². The Hall–Kier alpha value is -2.13. The number of esters is 1. The number of fused-ring (bicyclic) bond motifs is 5. The maximum atomic E-state index is 12.3. The van der Waals surface area contributed by atoms with Crippen molar-refractivity contribution in [3.8, 4) is 0 Å². The Labute approximate surface area is 123 Å². The normalized spacial score (nSPS) is 29.2. The van der Waals surface area contributed by atoms with Crippen molar-refractivity contribution in [2.75, 3.05) is 7.11 Å². The molecule has 0 amide bonds. The summed E-state index contributed by atoms with van der Waals surface area (Å²) >= 11 is 0. The number of ether oxygens (including phenoxy) is 2. The van der Waals surface area contributed by atoms with Gasteiger partial charge in [-0.05, 0) is 23.1 Å². The van der Waals surface area contributed by atoms with E-state index in [-0.39, 0.29) is 18.0 Å². The molecule has 1 unspecified atom stereocenters. The van der Waals surface area contributed by atoms with Gasteiger partial charge in [-0.1, -0.05) is 54.6 Å². The summed E-state index contributed by atoms with van der Waals surface area (Å²) in [6.07, 6.45) is 0.656. The van der Waals surface area contributed by atoms with E-state index in [1.54, 1.807) is 0 Å². The minimum absolute atomic E-state index is 0.0227. The summed E-state index contributed by atoms with van der Waals surface area (Å²) in [6.45, 7) is 0. The standard InChI is InChI=1S/C18H16O3/c1-20-17(19)15-11-16-13-9-5-6-10-14(13)18(15,21-16)12-7-3-2-4-8-12/h2-10,15-16H,11H2,1H3/t15?,16-,18-/m1/s1. The zero-order valence-corrected chi connectivity index (χ0v) is 11.8. The fourth-order valence-corrected chi connectivity index (χ4v) is 3.81. The molecule has 3 heteroatoms. The second-order valence-corrected chi connectivity index (χ2v) is 5.61. The van der Waals surface area contributed by atoms with Gasteiger partial charge in [0.05, 0.1) is 19.1 Å². The van der Waals surface area contributed by atoms with Gasteiger partial charge in [-0.3, -0.25) is 4.79 Å². The monoisotopic (exact) mass is 280 g/mol. The van der Waals surface area contributed by atoms with E-state index in [0.29, 0.717) is 6.42 Å². The Morgan fingerprint density at radius 1 is 1.14 bits per heavy atom. The molecule has 0 N–H and O–H groups in total. The van der Waals surface area contributed by atoms with Crippen LogP contribution in [0.3, 0.4) is 0 Å². The van der Waals surface area contributed by atoms with Gasteiger partial charge >= 0.3 is 5.97 Å². The van der Waals surface area contributed by atoms with Crippen molar-refractivity contribution < 1.29 is 14.3 Å². The predicted molar refractivity (Wildman–Crippen MR) is 77.6 cm³/mol. The lowest BCUT2D eigenvalue weighted by molar-refractivity contribution is -0.150. The highest BCUT2D eigenvalue weighted by molar-refractivity contribution is 5.77. The summed E-state index contributed by atoms with van der Waals surface area (Å²) in [5.74, 6) is -0.486. The van der Waals surface area contributed by atoms with Crippen molar-refractivity contribution in [1.29, 1.82) is 0 Å². The van der Waals surface area contributed by atoms with Crippen LogP contribution in [0.15, 0.2) is 54.6 Å². The van der Waals surface area contributed by atoms with Crippen LogP contribution in [0.2, 0.25) is 0 Å². The lowest BCUT2D eigenvalue weighted by Gasteiger charge is -2.33. The van der Waals surface area contributed by atoms with Crippen LogP contribution < -0.4 is 0 Å². The number of carbonyl (C=O) groups excluding carboxylic acids is 1. The van der Waals surface area contributed by atoms with Crippen molar-refractivity contribution in [3.05, 3.63) is 71.3 Å². The average Bonchev–Trinajstić information content (AvgIpc) is 3.11. The van der Waals surface area contributed by atoms with Gasteiger partial charge in [-0.2, -0.15) is 0 Å². The largest absolute Gasteiger partial charge is 0.469 e. The molecule has 2 aromatic rings. The molecular weight excluding hydrogens is 264 g/mol. The summed E-state index contributed by atoms with van der Waals surface area (Å²) in [6, 6.07) is 18.2. The van der Waals surface area contributed by atoms with Crippen LogP contribution in [0.5, 0.6) is 0 Å². The molecule has 0 radical (unpaired) electrons. The van der Waals surface area contributed by atoms with E-state index >= 15 is 0 Å². The summed E-state index contributed by atoms with van der Waals surface area (Å²) < 4.78 is 11.4. The van der Waals surface area contributed by atoms with Crippen molar-refractivity contribution in [2.45, 2.75) is 18.1 Å². The van der Waals surface area contributed by atoms with Crippen LogP contribution in [0.1, 0.15) is 29.2 Å². The highest BCUT2D eigenvalue weighted by Crippen LogP contribution is 2.60. The maximum absolute atomic E-state index is 12.3. The molecule has 0 saturated carbocycles. The second kappa shape index (κ2) is 4.43. The molecule has 2 aliphatic rings. The Bertz CT molecular complexity index is 695. The second-order valence-electron chi connectivity index (χ2n) is 5.61. The summed E-state index contributed by atoms with van der Waals surface area (Å²) in [7, 11) is 1.44. The van der Waals surface area contributed by atoms with Gasteiger partial charge < -0.3 is 9.47 Å². The molecule has 2 heterocycles. The Balaban J connectivity index is 1.96. The van der Waals surface area contributed by atoms with E-state index in [0.717, 1.165) is 11.1 Å². The topological polar surface area (TPSA) is 35.5 Å². The first-order valence-corrected chi connectivity index (χ1v) is 7.18. The van der Waals surface area contributed by atoms with E-state index in [1.807, 2.05) is 42.5 Å². The summed E-state index contributed by atoms with van der Waals surface area (Å²) in [4.78, 5) is 12.3. The minimum Gasteiger partial charge on any atom is -0.469 e. The average molecular weight is 280 g/mol. The quantitative estimate of drug-likeness (QED) is 0.792. The molecule has 3 nitrogen and oxygen atoms in total. The molecule has 0 aromatic heterocycles. The molecule has 106 valence electrons.